The van der Waals surface area contributed by atoms with Gasteiger partial charge in [-0.1, -0.05) is 32.9 Å². The first-order valence-electron chi connectivity index (χ1n) is 9.55. The predicted molar refractivity (Wildman–Crippen MR) is 103 cm³/mol. The van der Waals surface area contributed by atoms with E-state index in [1.54, 1.807) is 7.11 Å². The van der Waals surface area contributed by atoms with E-state index in [9.17, 15) is 4.79 Å². The molecule has 1 aromatic carbocycles. The number of rotatable bonds is 2. The SMILES string of the molecule is COc1ccc2c(c1)C(C)(C)CC1=C2CC[C@@]2(C)C1=CC[C@@H]2OC(C)=O. The van der Waals surface area contributed by atoms with Gasteiger partial charge in [0, 0.05) is 18.8 Å². The van der Waals surface area contributed by atoms with Crippen LogP contribution in [0.2, 0.25) is 0 Å². The zero-order valence-corrected chi connectivity index (χ0v) is 16.4. The van der Waals surface area contributed by atoms with Crippen molar-refractivity contribution < 1.29 is 14.3 Å². The third-order valence-corrected chi connectivity index (χ3v) is 6.65. The lowest BCUT2D eigenvalue weighted by atomic mass is 9.60. The molecule has 3 aliphatic rings. The quantitative estimate of drug-likeness (QED) is 0.687. The number of benzene rings is 1. The molecule has 0 amide bonds. The van der Waals surface area contributed by atoms with Crippen LogP contribution in [0.3, 0.4) is 0 Å². The fourth-order valence-electron chi connectivity index (χ4n) is 5.24. The van der Waals surface area contributed by atoms with Crippen LogP contribution in [0.5, 0.6) is 5.75 Å². The molecule has 0 saturated heterocycles. The highest BCUT2D eigenvalue weighted by Gasteiger charge is 2.49. The first-order chi connectivity index (χ1) is 12.3. The van der Waals surface area contributed by atoms with Crippen LogP contribution in [0, 0.1) is 5.41 Å². The lowest BCUT2D eigenvalue weighted by molar-refractivity contribution is -0.150. The van der Waals surface area contributed by atoms with Gasteiger partial charge in [-0.05, 0) is 64.7 Å². The number of hydrogen-bond donors (Lipinski definition) is 0. The van der Waals surface area contributed by atoms with Crippen molar-refractivity contribution in [1.82, 2.24) is 0 Å². The molecule has 1 aromatic rings. The molecule has 0 N–H and O–H groups in total. The van der Waals surface area contributed by atoms with Gasteiger partial charge in [0.1, 0.15) is 11.9 Å². The van der Waals surface area contributed by atoms with Crippen molar-refractivity contribution in [3.05, 3.63) is 46.5 Å². The van der Waals surface area contributed by atoms with E-state index in [1.807, 2.05) is 0 Å². The molecule has 26 heavy (non-hydrogen) atoms. The number of ether oxygens (including phenoxy) is 2. The Hall–Kier alpha value is -2.03. The molecule has 138 valence electrons. The lowest BCUT2D eigenvalue weighted by Gasteiger charge is -2.45. The fourth-order valence-corrected chi connectivity index (χ4v) is 5.24. The van der Waals surface area contributed by atoms with E-state index < -0.39 is 0 Å². The number of allylic oxidation sites excluding steroid dienone is 2. The molecule has 0 bridgehead atoms. The molecule has 0 heterocycles. The van der Waals surface area contributed by atoms with Gasteiger partial charge in [-0.2, -0.15) is 0 Å². The van der Waals surface area contributed by atoms with Crippen molar-refractivity contribution in [3.8, 4) is 5.75 Å². The highest BCUT2D eigenvalue weighted by molar-refractivity contribution is 5.81. The Labute approximate surface area is 156 Å². The van der Waals surface area contributed by atoms with Gasteiger partial charge >= 0.3 is 5.97 Å². The van der Waals surface area contributed by atoms with E-state index in [4.69, 9.17) is 9.47 Å². The minimum absolute atomic E-state index is 0.0237. The summed E-state index contributed by atoms with van der Waals surface area (Å²) in [4.78, 5) is 11.6. The van der Waals surface area contributed by atoms with E-state index in [2.05, 4.69) is 45.0 Å². The predicted octanol–water partition coefficient (Wildman–Crippen LogP) is 5.19. The maximum absolute atomic E-state index is 11.6. The highest BCUT2D eigenvalue weighted by atomic mass is 16.5. The minimum Gasteiger partial charge on any atom is -0.497 e. The van der Waals surface area contributed by atoms with Crippen LogP contribution in [-0.4, -0.2) is 19.2 Å². The molecule has 4 rings (SSSR count). The Balaban J connectivity index is 1.81. The standard InChI is InChI=1S/C23H28O3/c1-14(24)26-21-9-8-19-18-13-22(2,3)20-12-15(25-5)6-7-17(20)16(18)10-11-23(19,21)4/h6-8,12,21H,9-11,13H2,1-5H3/t21-,23-/m0/s1. The molecule has 0 spiro atoms. The highest BCUT2D eigenvalue weighted by Crippen LogP contribution is 2.58. The van der Waals surface area contributed by atoms with Gasteiger partial charge in [-0.3, -0.25) is 4.79 Å². The molecule has 2 atom stereocenters. The maximum Gasteiger partial charge on any atom is 0.302 e. The zero-order chi connectivity index (χ0) is 18.7. The Kier molecular flexibility index (Phi) is 3.83. The van der Waals surface area contributed by atoms with E-state index in [-0.39, 0.29) is 22.9 Å². The normalized spacial score (nSPS) is 28.7. The zero-order valence-electron chi connectivity index (χ0n) is 16.4. The monoisotopic (exact) mass is 352 g/mol. The third kappa shape index (κ3) is 2.44. The molecule has 0 aliphatic heterocycles. The van der Waals surface area contributed by atoms with Gasteiger partial charge in [-0.25, -0.2) is 0 Å². The first-order valence-corrected chi connectivity index (χ1v) is 9.55. The Morgan fingerprint density at radius 2 is 1.96 bits per heavy atom. The van der Waals surface area contributed by atoms with Gasteiger partial charge in [0.25, 0.3) is 0 Å². The molecular weight excluding hydrogens is 324 g/mol. The van der Waals surface area contributed by atoms with Crippen molar-refractivity contribution in [2.24, 2.45) is 5.41 Å². The average Bonchev–Trinajstić information content (AvgIpc) is 2.91. The lowest BCUT2D eigenvalue weighted by Crippen LogP contribution is -2.38. The Morgan fingerprint density at radius 1 is 1.19 bits per heavy atom. The second-order valence-electron chi connectivity index (χ2n) is 8.80. The minimum atomic E-state index is -0.174. The smallest absolute Gasteiger partial charge is 0.302 e. The first kappa shape index (κ1) is 17.4. The van der Waals surface area contributed by atoms with Crippen molar-refractivity contribution in [2.45, 2.75) is 64.9 Å². The summed E-state index contributed by atoms with van der Waals surface area (Å²) in [5.41, 5.74) is 7.14. The van der Waals surface area contributed by atoms with Crippen LogP contribution in [-0.2, 0) is 14.9 Å². The van der Waals surface area contributed by atoms with Crippen LogP contribution in [0.15, 0.2) is 35.4 Å². The van der Waals surface area contributed by atoms with E-state index in [1.165, 1.54) is 34.8 Å². The summed E-state index contributed by atoms with van der Waals surface area (Å²) < 4.78 is 11.2. The molecule has 3 aliphatic carbocycles. The maximum atomic E-state index is 11.6. The summed E-state index contributed by atoms with van der Waals surface area (Å²) in [5.74, 6) is 0.753. The number of esters is 1. The summed E-state index contributed by atoms with van der Waals surface area (Å²) >= 11 is 0. The molecule has 0 fully saturated rings. The van der Waals surface area contributed by atoms with Crippen LogP contribution >= 0.6 is 0 Å². The molecule has 0 aromatic heterocycles. The largest absolute Gasteiger partial charge is 0.497 e. The summed E-state index contributed by atoms with van der Waals surface area (Å²) in [6, 6.07) is 6.51. The van der Waals surface area contributed by atoms with Gasteiger partial charge in [0.05, 0.1) is 7.11 Å². The number of carbonyl (C=O) groups is 1. The number of methoxy groups -OCH3 is 1. The van der Waals surface area contributed by atoms with Crippen LogP contribution in [0.4, 0.5) is 0 Å². The number of carbonyl (C=O) groups excluding carboxylic acids is 1. The van der Waals surface area contributed by atoms with Crippen LogP contribution in [0.1, 0.15) is 64.5 Å². The van der Waals surface area contributed by atoms with Crippen molar-refractivity contribution in [1.29, 1.82) is 0 Å². The summed E-state index contributed by atoms with van der Waals surface area (Å²) in [6.07, 6.45) is 6.23. The van der Waals surface area contributed by atoms with E-state index >= 15 is 0 Å². The Morgan fingerprint density at radius 3 is 2.65 bits per heavy atom. The second-order valence-corrected chi connectivity index (χ2v) is 8.80. The summed E-state index contributed by atoms with van der Waals surface area (Å²) in [5, 5.41) is 0. The molecular formula is C23H28O3. The van der Waals surface area contributed by atoms with Crippen molar-refractivity contribution in [2.75, 3.05) is 7.11 Å². The van der Waals surface area contributed by atoms with Crippen molar-refractivity contribution in [3.63, 3.8) is 0 Å². The Bertz CT molecular complexity index is 843. The fraction of sp³-hybridized carbons (Fsp3) is 0.522. The van der Waals surface area contributed by atoms with E-state index in [0.717, 1.165) is 31.4 Å². The summed E-state index contributed by atoms with van der Waals surface area (Å²) in [7, 11) is 1.73. The van der Waals surface area contributed by atoms with Crippen LogP contribution < -0.4 is 4.74 Å². The molecule has 0 unspecified atom stereocenters. The topological polar surface area (TPSA) is 35.5 Å². The average molecular weight is 352 g/mol. The van der Waals surface area contributed by atoms with Crippen LogP contribution in [0.25, 0.3) is 5.57 Å². The molecule has 0 saturated carbocycles. The van der Waals surface area contributed by atoms with Gasteiger partial charge in [0.2, 0.25) is 0 Å². The molecule has 3 heteroatoms. The number of hydrogen-bond acceptors (Lipinski definition) is 3. The van der Waals surface area contributed by atoms with Gasteiger partial charge < -0.3 is 9.47 Å². The molecule has 3 nitrogen and oxygen atoms in total. The second kappa shape index (κ2) is 5.73. The number of fused-ring (bicyclic) bond motifs is 4. The van der Waals surface area contributed by atoms with Gasteiger partial charge in [0.15, 0.2) is 0 Å². The van der Waals surface area contributed by atoms with Gasteiger partial charge in [-0.15, -0.1) is 0 Å². The summed E-state index contributed by atoms with van der Waals surface area (Å²) in [6.45, 7) is 8.43. The van der Waals surface area contributed by atoms with E-state index in [0.29, 0.717) is 0 Å². The third-order valence-electron chi connectivity index (χ3n) is 6.65. The molecule has 0 radical (unpaired) electrons. The van der Waals surface area contributed by atoms with Crippen molar-refractivity contribution >= 4 is 11.5 Å².